The minimum Gasteiger partial charge on any atom is -0.389 e. The first kappa shape index (κ1) is 12.6. The first-order chi connectivity index (χ1) is 7.33. The molecule has 16 heavy (non-hydrogen) atoms. The topological polar surface area (TPSA) is 40.5 Å². The summed E-state index contributed by atoms with van der Waals surface area (Å²) in [5.74, 6) is -0.462. The molecule has 0 heterocycles. The molecule has 0 aromatic heterocycles. The minimum absolute atomic E-state index is 0.304. The molecule has 1 rings (SSSR count). The number of anilines is 1. The Morgan fingerprint density at radius 3 is 2.56 bits per heavy atom. The molecule has 1 aromatic carbocycles. The van der Waals surface area contributed by atoms with Crippen molar-refractivity contribution in [1.82, 2.24) is 0 Å². The van der Waals surface area contributed by atoms with Crippen molar-refractivity contribution in [2.24, 2.45) is 0 Å². The van der Waals surface area contributed by atoms with Crippen molar-refractivity contribution in [3.8, 4) is 0 Å². The lowest BCUT2D eigenvalue weighted by molar-refractivity contribution is 0.0884. The van der Waals surface area contributed by atoms with Crippen molar-refractivity contribution in [2.75, 3.05) is 18.5 Å². The maximum Gasteiger partial charge on any atom is 0.150 e. The Bertz CT molecular complexity index is 385. The number of hydrogen-bond donors (Lipinski definition) is 1. The van der Waals surface area contributed by atoms with Gasteiger partial charge >= 0.3 is 0 Å². The fourth-order valence-corrected chi connectivity index (χ4v) is 1.57. The predicted octanol–water partition coefficient (Wildman–Crippen LogP) is 1.85. The maximum absolute atomic E-state index is 13.6. The summed E-state index contributed by atoms with van der Waals surface area (Å²) in [6.45, 7) is 3.62. The van der Waals surface area contributed by atoms with Crippen LogP contribution in [-0.4, -0.2) is 30.6 Å². The van der Waals surface area contributed by atoms with Gasteiger partial charge in [-0.15, -0.1) is 0 Å². The van der Waals surface area contributed by atoms with Crippen LogP contribution in [0.3, 0.4) is 0 Å². The van der Waals surface area contributed by atoms with Gasteiger partial charge < -0.3 is 10.0 Å². The van der Waals surface area contributed by atoms with Gasteiger partial charge in [-0.25, -0.2) is 4.39 Å². The summed E-state index contributed by atoms with van der Waals surface area (Å²) in [6.07, 6.45) is 0.600. The largest absolute Gasteiger partial charge is 0.389 e. The average molecular weight is 225 g/mol. The highest BCUT2D eigenvalue weighted by Gasteiger charge is 2.17. The quantitative estimate of drug-likeness (QED) is 0.795. The zero-order valence-electron chi connectivity index (χ0n) is 9.70. The van der Waals surface area contributed by atoms with Gasteiger partial charge in [0.25, 0.3) is 0 Å². The molecule has 0 saturated carbocycles. The zero-order valence-corrected chi connectivity index (χ0v) is 9.70. The first-order valence-electron chi connectivity index (χ1n) is 5.02. The maximum atomic E-state index is 13.6. The molecule has 0 saturated heterocycles. The third-order valence-corrected chi connectivity index (χ3v) is 2.14. The number of benzene rings is 1. The molecule has 0 radical (unpaired) electrons. The van der Waals surface area contributed by atoms with E-state index < -0.39 is 11.4 Å². The number of rotatable bonds is 4. The summed E-state index contributed by atoms with van der Waals surface area (Å²) >= 11 is 0. The minimum atomic E-state index is -0.898. The van der Waals surface area contributed by atoms with Gasteiger partial charge in [0.15, 0.2) is 0 Å². The van der Waals surface area contributed by atoms with Crippen LogP contribution in [0.5, 0.6) is 0 Å². The number of carbonyl (C=O) groups excluding carboxylic acids is 1. The lowest BCUT2D eigenvalue weighted by Gasteiger charge is -2.27. The Morgan fingerprint density at radius 2 is 2.12 bits per heavy atom. The molecule has 0 amide bonds. The Kier molecular flexibility index (Phi) is 3.65. The second-order valence-electron chi connectivity index (χ2n) is 4.50. The number of likely N-dealkylation sites (N-methyl/N-ethyl adjacent to an activating group) is 1. The Labute approximate surface area is 94.5 Å². The molecule has 0 atom stereocenters. The molecular weight excluding hydrogens is 209 g/mol. The molecule has 1 aromatic rings. The van der Waals surface area contributed by atoms with Crippen LogP contribution in [0.2, 0.25) is 0 Å². The molecule has 4 heteroatoms. The van der Waals surface area contributed by atoms with Crippen LogP contribution in [0.15, 0.2) is 18.2 Å². The van der Waals surface area contributed by atoms with Crippen molar-refractivity contribution in [1.29, 1.82) is 0 Å². The monoisotopic (exact) mass is 225 g/mol. The SMILES string of the molecule is CN(CC(C)(C)O)c1ccc(C=O)cc1F. The highest BCUT2D eigenvalue weighted by Crippen LogP contribution is 2.20. The molecule has 0 aliphatic heterocycles. The second-order valence-corrected chi connectivity index (χ2v) is 4.50. The molecule has 0 aliphatic carbocycles. The Morgan fingerprint density at radius 1 is 1.50 bits per heavy atom. The molecule has 0 aliphatic rings. The van der Waals surface area contributed by atoms with Crippen LogP contribution in [-0.2, 0) is 0 Å². The summed E-state index contributed by atoms with van der Waals surface area (Å²) in [4.78, 5) is 12.1. The van der Waals surface area contributed by atoms with E-state index in [1.165, 1.54) is 12.1 Å². The Balaban J connectivity index is 2.92. The number of hydrogen-bond acceptors (Lipinski definition) is 3. The third kappa shape index (κ3) is 3.31. The van der Waals surface area contributed by atoms with Crippen molar-refractivity contribution in [3.05, 3.63) is 29.6 Å². The second kappa shape index (κ2) is 4.61. The van der Waals surface area contributed by atoms with Gasteiger partial charge in [-0.2, -0.15) is 0 Å². The summed E-state index contributed by atoms with van der Waals surface area (Å²) in [6, 6.07) is 4.26. The zero-order chi connectivity index (χ0) is 12.3. The van der Waals surface area contributed by atoms with Gasteiger partial charge in [0.2, 0.25) is 0 Å². The number of aliphatic hydroxyl groups is 1. The van der Waals surface area contributed by atoms with E-state index in [-0.39, 0.29) is 0 Å². The van der Waals surface area contributed by atoms with E-state index in [4.69, 9.17) is 0 Å². The predicted molar refractivity (Wildman–Crippen MR) is 61.4 cm³/mol. The fourth-order valence-electron chi connectivity index (χ4n) is 1.57. The van der Waals surface area contributed by atoms with Crippen LogP contribution >= 0.6 is 0 Å². The lowest BCUT2D eigenvalue weighted by Crippen LogP contribution is -2.36. The molecule has 88 valence electrons. The highest BCUT2D eigenvalue weighted by atomic mass is 19.1. The van der Waals surface area contributed by atoms with Crippen LogP contribution < -0.4 is 4.90 Å². The number of aldehydes is 1. The fraction of sp³-hybridized carbons (Fsp3) is 0.417. The summed E-state index contributed by atoms with van der Waals surface area (Å²) < 4.78 is 13.6. The van der Waals surface area contributed by atoms with Gasteiger partial charge in [-0.05, 0) is 32.0 Å². The molecule has 0 spiro atoms. The highest BCUT2D eigenvalue weighted by molar-refractivity contribution is 5.75. The van der Waals surface area contributed by atoms with E-state index in [1.807, 2.05) is 0 Å². The van der Waals surface area contributed by atoms with Gasteiger partial charge in [-0.3, -0.25) is 4.79 Å². The number of carbonyl (C=O) groups is 1. The van der Waals surface area contributed by atoms with Crippen molar-refractivity contribution in [3.63, 3.8) is 0 Å². The van der Waals surface area contributed by atoms with Crippen LogP contribution in [0.25, 0.3) is 0 Å². The molecule has 0 bridgehead atoms. The van der Waals surface area contributed by atoms with E-state index in [2.05, 4.69) is 0 Å². The number of halogens is 1. The van der Waals surface area contributed by atoms with E-state index in [0.29, 0.717) is 24.1 Å². The van der Waals surface area contributed by atoms with Crippen LogP contribution in [0.1, 0.15) is 24.2 Å². The lowest BCUT2D eigenvalue weighted by atomic mass is 10.1. The van der Waals surface area contributed by atoms with Crippen LogP contribution in [0.4, 0.5) is 10.1 Å². The third-order valence-electron chi connectivity index (χ3n) is 2.14. The molecule has 0 fully saturated rings. The van der Waals surface area contributed by atoms with E-state index in [1.54, 1.807) is 31.9 Å². The van der Waals surface area contributed by atoms with Gasteiger partial charge in [-0.1, -0.05) is 0 Å². The van der Waals surface area contributed by atoms with E-state index >= 15 is 0 Å². The van der Waals surface area contributed by atoms with E-state index in [9.17, 15) is 14.3 Å². The van der Waals surface area contributed by atoms with E-state index in [0.717, 1.165) is 0 Å². The van der Waals surface area contributed by atoms with Crippen LogP contribution in [0, 0.1) is 5.82 Å². The Hall–Kier alpha value is -1.42. The molecular formula is C12H16FNO2. The molecule has 1 N–H and O–H groups in total. The summed E-state index contributed by atoms with van der Waals surface area (Å²) in [7, 11) is 1.69. The van der Waals surface area contributed by atoms with Gasteiger partial charge in [0, 0.05) is 19.2 Å². The van der Waals surface area contributed by atoms with Gasteiger partial charge in [0.05, 0.1) is 11.3 Å². The molecule has 0 unspecified atom stereocenters. The summed E-state index contributed by atoms with van der Waals surface area (Å²) in [5, 5.41) is 9.62. The van der Waals surface area contributed by atoms with Crippen molar-refractivity contribution < 1.29 is 14.3 Å². The smallest absolute Gasteiger partial charge is 0.150 e. The number of nitrogens with zero attached hydrogens (tertiary/aromatic N) is 1. The summed E-state index contributed by atoms with van der Waals surface area (Å²) in [5.41, 5.74) is -0.226. The van der Waals surface area contributed by atoms with Crippen molar-refractivity contribution in [2.45, 2.75) is 19.4 Å². The normalized spacial score (nSPS) is 11.3. The average Bonchev–Trinajstić information content (AvgIpc) is 2.14. The standard InChI is InChI=1S/C12H16FNO2/c1-12(2,16)8-14(3)11-5-4-9(7-15)6-10(11)13/h4-7,16H,8H2,1-3H3. The molecule has 3 nitrogen and oxygen atoms in total. The van der Waals surface area contributed by atoms with Crippen molar-refractivity contribution >= 4 is 12.0 Å². The first-order valence-corrected chi connectivity index (χ1v) is 5.02. The van der Waals surface area contributed by atoms with Gasteiger partial charge in [0.1, 0.15) is 12.1 Å².